The SMILES string of the molecule is CC1C2C(CN1C)C2(Cl)Cl. The number of likely N-dealkylation sites (tertiary alicyclic amines) is 1. The third kappa shape index (κ3) is 0.689. The van der Waals surface area contributed by atoms with Gasteiger partial charge in [-0.25, -0.2) is 0 Å². The van der Waals surface area contributed by atoms with Crippen molar-refractivity contribution in [2.75, 3.05) is 13.6 Å². The van der Waals surface area contributed by atoms with Crippen LogP contribution in [0, 0.1) is 11.8 Å². The predicted molar refractivity (Wildman–Crippen MR) is 43.5 cm³/mol. The van der Waals surface area contributed by atoms with Gasteiger partial charge in [0.15, 0.2) is 0 Å². The quantitative estimate of drug-likeness (QED) is 0.513. The van der Waals surface area contributed by atoms with E-state index in [1.165, 1.54) is 0 Å². The monoisotopic (exact) mass is 179 g/mol. The van der Waals surface area contributed by atoms with Crippen LogP contribution in [-0.2, 0) is 0 Å². The second-order valence-electron chi connectivity index (χ2n) is 3.49. The molecule has 58 valence electrons. The van der Waals surface area contributed by atoms with Gasteiger partial charge < -0.3 is 4.90 Å². The predicted octanol–water partition coefficient (Wildman–Crippen LogP) is 1.74. The van der Waals surface area contributed by atoms with Crippen LogP contribution in [-0.4, -0.2) is 28.9 Å². The van der Waals surface area contributed by atoms with E-state index in [-0.39, 0.29) is 4.33 Å². The average molecular weight is 180 g/mol. The Morgan fingerprint density at radius 3 is 2.40 bits per heavy atom. The number of piperidine rings is 1. The molecule has 3 unspecified atom stereocenters. The molecule has 10 heavy (non-hydrogen) atoms. The molecule has 1 saturated carbocycles. The lowest BCUT2D eigenvalue weighted by molar-refractivity contribution is 0.284. The number of halogens is 2. The number of nitrogens with zero attached hydrogens (tertiary/aromatic N) is 1. The van der Waals surface area contributed by atoms with Crippen molar-refractivity contribution < 1.29 is 0 Å². The van der Waals surface area contributed by atoms with Crippen molar-refractivity contribution in [2.24, 2.45) is 11.8 Å². The zero-order valence-electron chi connectivity index (χ0n) is 6.14. The van der Waals surface area contributed by atoms with Gasteiger partial charge in [0, 0.05) is 24.4 Å². The maximum absolute atomic E-state index is 6.01. The van der Waals surface area contributed by atoms with Crippen molar-refractivity contribution in [3.63, 3.8) is 0 Å². The molecule has 2 aliphatic rings. The summed E-state index contributed by atoms with van der Waals surface area (Å²) in [6, 6.07) is 0.569. The molecule has 1 saturated heterocycles. The maximum Gasteiger partial charge on any atom is 0.127 e. The lowest BCUT2D eigenvalue weighted by atomic mass is 10.2. The summed E-state index contributed by atoms with van der Waals surface area (Å²) in [7, 11) is 2.13. The van der Waals surface area contributed by atoms with Crippen molar-refractivity contribution in [1.82, 2.24) is 4.90 Å². The van der Waals surface area contributed by atoms with E-state index in [0.29, 0.717) is 17.9 Å². The summed E-state index contributed by atoms with van der Waals surface area (Å²) < 4.78 is -0.383. The highest BCUT2D eigenvalue weighted by Crippen LogP contribution is 2.64. The highest BCUT2D eigenvalue weighted by Gasteiger charge is 2.69. The van der Waals surface area contributed by atoms with E-state index in [1.807, 2.05) is 0 Å². The topological polar surface area (TPSA) is 3.24 Å². The molecule has 1 aliphatic carbocycles. The standard InChI is InChI=1S/C7H11Cl2N/c1-4-6-5(3-10(4)2)7(6,8)9/h4-6H,3H2,1-2H3. The maximum atomic E-state index is 6.01. The fraction of sp³-hybridized carbons (Fsp3) is 1.00. The lowest BCUT2D eigenvalue weighted by Crippen LogP contribution is -2.30. The molecule has 2 rings (SSSR count). The third-order valence-electron chi connectivity index (χ3n) is 2.96. The van der Waals surface area contributed by atoms with E-state index in [1.54, 1.807) is 0 Å². The first-order valence-electron chi connectivity index (χ1n) is 3.63. The molecule has 0 aromatic rings. The molecule has 0 aromatic heterocycles. The van der Waals surface area contributed by atoms with Gasteiger partial charge >= 0.3 is 0 Å². The van der Waals surface area contributed by atoms with Gasteiger partial charge in [0.25, 0.3) is 0 Å². The average Bonchev–Trinajstić information content (AvgIpc) is 2.12. The molecule has 0 N–H and O–H groups in total. The van der Waals surface area contributed by atoms with Gasteiger partial charge in [-0.1, -0.05) is 0 Å². The van der Waals surface area contributed by atoms with Crippen molar-refractivity contribution in [1.29, 1.82) is 0 Å². The van der Waals surface area contributed by atoms with E-state index < -0.39 is 0 Å². The molecule has 3 heteroatoms. The summed E-state index contributed by atoms with van der Waals surface area (Å²) in [4.78, 5) is 2.32. The lowest BCUT2D eigenvalue weighted by Gasteiger charge is -2.21. The molecule has 0 aromatic carbocycles. The highest BCUT2D eigenvalue weighted by atomic mass is 35.5. The Morgan fingerprint density at radius 2 is 2.10 bits per heavy atom. The fourth-order valence-electron chi connectivity index (χ4n) is 2.06. The zero-order valence-corrected chi connectivity index (χ0v) is 7.65. The van der Waals surface area contributed by atoms with Crippen LogP contribution in [0.2, 0.25) is 0 Å². The molecule has 3 atom stereocenters. The van der Waals surface area contributed by atoms with Gasteiger partial charge in [-0.15, -0.1) is 23.2 Å². The number of hydrogen-bond donors (Lipinski definition) is 0. The minimum atomic E-state index is -0.383. The van der Waals surface area contributed by atoms with Crippen LogP contribution in [0.25, 0.3) is 0 Å². The minimum Gasteiger partial charge on any atom is -0.303 e. The Bertz CT molecular complexity index is 167. The number of alkyl halides is 2. The molecule has 0 spiro atoms. The summed E-state index contributed by atoms with van der Waals surface area (Å²) >= 11 is 12.0. The molecule has 1 nitrogen and oxygen atoms in total. The number of fused-ring (bicyclic) bond motifs is 1. The second-order valence-corrected chi connectivity index (χ2v) is 4.93. The van der Waals surface area contributed by atoms with Gasteiger partial charge in [0.05, 0.1) is 0 Å². The Hall–Kier alpha value is 0.540. The first-order valence-corrected chi connectivity index (χ1v) is 4.39. The van der Waals surface area contributed by atoms with Crippen LogP contribution in [0.4, 0.5) is 0 Å². The number of hydrogen-bond acceptors (Lipinski definition) is 1. The molecule has 0 radical (unpaired) electrons. The van der Waals surface area contributed by atoms with Crippen molar-refractivity contribution >= 4 is 23.2 Å². The Morgan fingerprint density at radius 1 is 1.50 bits per heavy atom. The van der Waals surface area contributed by atoms with Gasteiger partial charge in [0.1, 0.15) is 4.33 Å². The van der Waals surface area contributed by atoms with Crippen LogP contribution in [0.15, 0.2) is 0 Å². The summed E-state index contributed by atoms with van der Waals surface area (Å²) in [5.74, 6) is 1.07. The first-order chi connectivity index (χ1) is 4.55. The van der Waals surface area contributed by atoms with Gasteiger partial charge in [-0.3, -0.25) is 0 Å². The largest absolute Gasteiger partial charge is 0.303 e. The van der Waals surface area contributed by atoms with E-state index >= 15 is 0 Å². The van der Waals surface area contributed by atoms with Gasteiger partial charge in [-0.2, -0.15) is 0 Å². The zero-order chi connectivity index (χ0) is 7.52. The van der Waals surface area contributed by atoms with Crippen LogP contribution < -0.4 is 0 Å². The molecule has 2 fully saturated rings. The Labute approximate surface area is 71.3 Å². The molecule has 1 aliphatic heterocycles. The normalized spacial score (nSPS) is 51.0. The second kappa shape index (κ2) is 1.82. The smallest absolute Gasteiger partial charge is 0.127 e. The first kappa shape index (κ1) is 7.20. The summed E-state index contributed by atoms with van der Waals surface area (Å²) in [5.41, 5.74) is 0. The van der Waals surface area contributed by atoms with Crippen LogP contribution in [0.1, 0.15) is 6.92 Å². The molecular weight excluding hydrogens is 169 g/mol. The molecule has 0 bridgehead atoms. The van der Waals surface area contributed by atoms with Gasteiger partial charge in [-0.05, 0) is 14.0 Å². The third-order valence-corrected chi connectivity index (χ3v) is 4.03. The van der Waals surface area contributed by atoms with E-state index in [4.69, 9.17) is 23.2 Å². The van der Waals surface area contributed by atoms with Crippen molar-refractivity contribution in [3.8, 4) is 0 Å². The van der Waals surface area contributed by atoms with Crippen molar-refractivity contribution in [2.45, 2.75) is 17.3 Å². The van der Waals surface area contributed by atoms with E-state index in [0.717, 1.165) is 6.54 Å². The van der Waals surface area contributed by atoms with Crippen molar-refractivity contribution in [3.05, 3.63) is 0 Å². The summed E-state index contributed by atoms with van der Waals surface area (Å²) in [6.07, 6.45) is 0. The van der Waals surface area contributed by atoms with Gasteiger partial charge in [0.2, 0.25) is 0 Å². The summed E-state index contributed by atoms with van der Waals surface area (Å²) in [6.45, 7) is 3.26. The van der Waals surface area contributed by atoms with Crippen LogP contribution in [0.3, 0.4) is 0 Å². The molecule has 1 heterocycles. The Kier molecular flexibility index (Phi) is 1.31. The minimum absolute atomic E-state index is 0.383. The Balaban J connectivity index is 2.13. The van der Waals surface area contributed by atoms with E-state index in [9.17, 15) is 0 Å². The highest BCUT2D eigenvalue weighted by molar-refractivity contribution is 6.51. The fourth-order valence-corrected chi connectivity index (χ4v) is 3.01. The number of rotatable bonds is 0. The molecule has 0 amide bonds. The van der Waals surface area contributed by atoms with Crippen LogP contribution in [0.5, 0.6) is 0 Å². The van der Waals surface area contributed by atoms with Crippen LogP contribution >= 0.6 is 23.2 Å². The summed E-state index contributed by atoms with van der Waals surface area (Å²) in [5, 5.41) is 0. The molecular formula is C7H11Cl2N. The van der Waals surface area contributed by atoms with E-state index in [2.05, 4.69) is 18.9 Å².